The minimum atomic E-state index is -0.554. The second-order valence-corrected chi connectivity index (χ2v) is 6.24. The van der Waals surface area contributed by atoms with Crippen molar-refractivity contribution in [2.75, 3.05) is 4.90 Å². The molecule has 5 nitrogen and oxygen atoms in total. The van der Waals surface area contributed by atoms with Crippen LogP contribution in [0.2, 0.25) is 0 Å². The molecule has 2 aromatic rings. The van der Waals surface area contributed by atoms with Gasteiger partial charge in [-0.3, -0.25) is 4.79 Å². The predicted molar refractivity (Wildman–Crippen MR) is 94.2 cm³/mol. The molecule has 1 aromatic carbocycles. The van der Waals surface area contributed by atoms with Gasteiger partial charge in [-0.2, -0.15) is 5.26 Å². The van der Waals surface area contributed by atoms with Crippen LogP contribution in [-0.4, -0.2) is 5.91 Å². The summed E-state index contributed by atoms with van der Waals surface area (Å²) in [6.45, 7) is 4.25. The number of anilines is 1. The van der Waals surface area contributed by atoms with Crippen LogP contribution in [0.15, 0.2) is 57.7 Å². The number of furan rings is 1. The van der Waals surface area contributed by atoms with Crippen LogP contribution in [-0.2, 0) is 4.79 Å². The summed E-state index contributed by atoms with van der Waals surface area (Å²) in [5, 5.41) is 12.4. The summed E-state index contributed by atoms with van der Waals surface area (Å²) in [5.74, 6) is 0.528. The Kier molecular flexibility index (Phi) is 4.36. The van der Waals surface area contributed by atoms with E-state index >= 15 is 0 Å². The number of carbonyl (C=O) groups excluding carboxylic acids is 1. The number of hydrogen-bond acceptors (Lipinski definition) is 5. The van der Waals surface area contributed by atoms with Crippen molar-refractivity contribution in [3.8, 4) is 6.07 Å². The molecule has 0 radical (unpaired) electrons. The Morgan fingerprint density at radius 1 is 1.29 bits per heavy atom. The molecule has 122 valence electrons. The molecule has 1 N–H and O–H groups in total. The normalized spacial score (nSPS) is 17.9. The smallest absolute Gasteiger partial charge is 0.266 e. The fourth-order valence-electron chi connectivity index (χ4n) is 2.64. The van der Waals surface area contributed by atoms with Crippen molar-refractivity contribution in [2.24, 2.45) is 0 Å². The van der Waals surface area contributed by atoms with Crippen molar-refractivity contribution in [1.29, 1.82) is 5.26 Å². The molecule has 1 amide bonds. The van der Waals surface area contributed by atoms with Gasteiger partial charge in [0.2, 0.25) is 0 Å². The number of nitriles is 1. The topological polar surface area (TPSA) is 69.3 Å². The van der Waals surface area contributed by atoms with E-state index in [1.54, 1.807) is 23.3 Å². The molecule has 0 saturated carbocycles. The first-order valence-corrected chi connectivity index (χ1v) is 8.04. The highest BCUT2D eigenvalue weighted by Crippen LogP contribution is 2.36. The Morgan fingerprint density at radius 3 is 2.54 bits per heavy atom. The van der Waals surface area contributed by atoms with E-state index < -0.39 is 12.1 Å². The van der Waals surface area contributed by atoms with Gasteiger partial charge in [-0.15, -0.1) is 12.6 Å². The van der Waals surface area contributed by atoms with Crippen molar-refractivity contribution < 1.29 is 9.21 Å². The van der Waals surface area contributed by atoms with E-state index in [-0.39, 0.29) is 5.57 Å². The average molecular weight is 339 g/mol. The van der Waals surface area contributed by atoms with Gasteiger partial charge in [0.25, 0.3) is 5.91 Å². The Labute approximate surface area is 146 Å². The molecular formula is C18H17N3O2S. The molecule has 24 heavy (non-hydrogen) atoms. The maximum Gasteiger partial charge on any atom is 0.266 e. The van der Waals surface area contributed by atoms with Gasteiger partial charge in [-0.05, 0) is 35.7 Å². The van der Waals surface area contributed by atoms with Crippen molar-refractivity contribution in [3.05, 3.63) is 64.6 Å². The van der Waals surface area contributed by atoms with E-state index in [9.17, 15) is 10.1 Å². The number of nitrogens with one attached hydrogen (secondary N) is 1. The fraction of sp³-hybridized carbons (Fsp3) is 0.222. The molecule has 1 atom stereocenters. The third-order valence-electron chi connectivity index (χ3n) is 3.97. The van der Waals surface area contributed by atoms with Crippen LogP contribution in [0.1, 0.15) is 37.3 Å². The lowest BCUT2D eigenvalue weighted by Gasteiger charge is -2.36. The van der Waals surface area contributed by atoms with E-state index in [2.05, 4.69) is 31.8 Å². The Morgan fingerprint density at radius 2 is 2.00 bits per heavy atom. The lowest BCUT2D eigenvalue weighted by atomic mass is 10.0. The zero-order valence-corrected chi connectivity index (χ0v) is 14.2. The van der Waals surface area contributed by atoms with Crippen molar-refractivity contribution in [1.82, 2.24) is 5.32 Å². The molecular weight excluding hydrogens is 322 g/mol. The molecule has 1 aliphatic rings. The van der Waals surface area contributed by atoms with E-state index in [0.717, 1.165) is 5.69 Å². The summed E-state index contributed by atoms with van der Waals surface area (Å²) in [6, 6.07) is 13.4. The number of nitrogens with zero attached hydrogens (tertiary/aromatic N) is 2. The second kappa shape index (κ2) is 6.46. The predicted octanol–water partition coefficient (Wildman–Crippen LogP) is 3.70. The SMILES string of the molecule is CC(C)c1ccc(N2C(S)=C(C#N)C(=O)NC2c2ccco2)cc1. The molecule has 1 aliphatic heterocycles. The summed E-state index contributed by atoms with van der Waals surface area (Å²) >= 11 is 4.44. The van der Waals surface area contributed by atoms with Gasteiger partial charge in [0.1, 0.15) is 17.4 Å². The van der Waals surface area contributed by atoms with Crippen molar-refractivity contribution >= 4 is 24.2 Å². The maximum absolute atomic E-state index is 12.2. The van der Waals surface area contributed by atoms with E-state index in [4.69, 9.17) is 4.42 Å². The first-order valence-electron chi connectivity index (χ1n) is 7.59. The van der Waals surface area contributed by atoms with Gasteiger partial charge in [0.15, 0.2) is 6.17 Å². The molecule has 2 heterocycles. The molecule has 0 fully saturated rings. The van der Waals surface area contributed by atoms with Gasteiger partial charge in [0, 0.05) is 5.69 Å². The quantitative estimate of drug-likeness (QED) is 0.837. The molecule has 1 aromatic heterocycles. The highest BCUT2D eigenvalue weighted by Gasteiger charge is 2.35. The van der Waals surface area contributed by atoms with Gasteiger partial charge in [0.05, 0.1) is 11.3 Å². The Bertz CT molecular complexity index is 817. The number of amides is 1. The molecule has 0 saturated heterocycles. The second-order valence-electron chi connectivity index (χ2n) is 5.82. The van der Waals surface area contributed by atoms with Crippen LogP contribution < -0.4 is 10.2 Å². The molecule has 3 rings (SSSR count). The van der Waals surface area contributed by atoms with E-state index in [1.807, 2.05) is 30.3 Å². The van der Waals surface area contributed by atoms with Crippen LogP contribution in [0, 0.1) is 11.3 Å². The Balaban J connectivity index is 2.09. The zero-order chi connectivity index (χ0) is 17.3. The van der Waals surface area contributed by atoms with Crippen LogP contribution >= 0.6 is 12.6 Å². The molecule has 0 bridgehead atoms. The first-order chi connectivity index (χ1) is 11.5. The van der Waals surface area contributed by atoms with Gasteiger partial charge >= 0.3 is 0 Å². The first kappa shape index (κ1) is 16.2. The highest BCUT2D eigenvalue weighted by atomic mass is 32.1. The zero-order valence-electron chi connectivity index (χ0n) is 13.4. The van der Waals surface area contributed by atoms with Crippen molar-refractivity contribution in [3.63, 3.8) is 0 Å². The van der Waals surface area contributed by atoms with E-state index in [0.29, 0.717) is 16.7 Å². The molecule has 6 heteroatoms. The van der Waals surface area contributed by atoms with Gasteiger partial charge < -0.3 is 14.6 Å². The Hall–Kier alpha value is -2.65. The van der Waals surface area contributed by atoms with Crippen LogP contribution in [0.3, 0.4) is 0 Å². The lowest BCUT2D eigenvalue weighted by Crippen LogP contribution is -2.45. The number of hydrogen-bond donors (Lipinski definition) is 2. The third kappa shape index (κ3) is 2.79. The molecule has 0 spiro atoms. The van der Waals surface area contributed by atoms with Crippen LogP contribution in [0.5, 0.6) is 0 Å². The number of rotatable bonds is 3. The summed E-state index contributed by atoms with van der Waals surface area (Å²) < 4.78 is 5.46. The lowest BCUT2D eigenvalue weighted by molar-refractivity contribution is -0.118. The van der Waals surface area contributed by atoms with Crippen LogP contribution in [0.4, 0.5) is 5.69 Å². The minimum Gasteiger partial charge on any atom is -0.465 e. The van der Waals surface area contributed by atoms with Gasteiger partial charge in [-0.25, -0.2) is 0 Å². The standard InChI is InChI=1S/C18H17N3O2S/c1-11(2)12-5-7-13(8-6-12)21-16(15-4-3-9-23-15)20-17(22)14(10-19)18(21)24/h3-9,11,16,24H,1-2H3,(H,20,22). The largest absolute Gasteiger partial charge is 0.465 e. The summed E-state index contributed by atoms with van der Waals surface area (Å²) in [5.41, 5.74) is 2.01. The fourth-order valence-corrected chi connectivity index (χ4v) is 3.02. The highest BCUT2D eigenvalue weighted by molar-refractivity contribution is 7.84. The van der Waals surface area contributed by atoms with Crippen LogP contribution in [0.25, 0.3) is 0 Å². The summed E-state index contributed by atoms with van der Waals surface area (Å²) in [6.07, 6.45) is 0.991. The number of benzene rings is 1. The molecule has 0 aliphatic carbocycles. The monoisotopic (exact) mass is 339 g/mol. The summed E-state index contributed by atoms with van der Waals surface area (Å²) in [4.78, 5) is 13.9. The average Bonchev–Trinajstić information content (AvgIpc) is 3.09. The van der Waals surface area contributed by atoms with E-state index in [1.165, 1.54) is 5.56 Å². The number of thiol groups is 1. The van der Waals surface area contributed by atoms with Crippen molar-refractivity contribution in [2.45, 2.75) is 25.9 Å². The third-order valence-corrected chi connectivity index (χ3v) is 4.41. The van der Waals surface area contributed by atoms with Gasteiger partial charge in [-0.1, -0.05) is 26.0 Å². The maximum atomic E-state index is 12.2. The molecule has 1 unspecified atom stereocenters. The number of carbonyl (C=O) groups is 1. The summed E-state index contributed by atoms with van der Waals surface area (Å²) in [7, 11) is 0. The minimum absolute atomic E-state index is 0.0194.